The molecule has 1 atom stereocenters. The van der Waals surface area contributed by atoms with Crippen molar-refractivity contribution < 1.29 is 4.39 Å². The number of hydrogen-bond acceptors (Lipinski definition) is 2. The molecule has 0 spiro atoms. The molecule has 0 aliphatic heterocycles. The van der Waals surface area contributed by atoms with Gasteiger partial charge < -0.3 is 5.32 Å². The summed E-state index contributed by atoms with van der Waals surface area (Å²) in [5, 5.41) is 3.55. The molecule has 5 heteroatoms. The van der Waals surface area contributed by atoms with Gasteiger partial charge in [-0.2, -0.15) is 0 Å². The van der Waals surface area contributed by atoms with Crippen molar-refractivity contribution in [3.8, 4) is 0 Å². The van der Waals surface area contributed by atoms with Gasteiger partial charge in [0.25, 0.3) is 0 Å². The van der Waals surface area contributed by atoms with E-state index < -0.39 is 0 Å². The fraction of sp³-hybridized carbons (Fsp3) is 0.286. The number of rotatable bonds is 4. The van der Waals surface area contributed by atoms with Crippen molar-refractivity contribution in [3.63, 3.8) is 0 Å². The number of aryl methyl sites for hydroxylation is 1. The molecule has 0 amide bonds. The maximum atomic E-state index is 13.6. The summed E-state index contributed by atoms with van der Waals surface area (Å²) in [6.07, 6.45) is 0. The Hall–Kier alpha value is -0.420. The third-order valence-corrected chi connectivity index (χ3v) is 5.46. The predicted octanol–water partition coefficient (Wildman–Crippen LogP) is 5.31. The van der Waals surface area contributed by atoms with Gasteiger partial charge in [0.15, 0.2) is 0 Å². The van der Waals surface area contributed by atoms with E-state index in [1.54, 1.807) is 17.4 Å². The Balaban J connectivity index is 2.48. The smallest absolute Gasteiger partial charge is 0.142 e. The molecule has 0 radical (unpaired) electrons. The topological polar surface area (TPSA) is 12.0 Å². The van der Waals surface area contributed by atoms with E-state index in [9.17, 15) is 4.39 Å². The van der Waals surface area contributed by atoms with Crippen LogP contribution in [-0.4, -0.2) is 6.54 Å². The first-order valence-corrected chi connectivity index (χ1v) is 7.96. The summed E-state index contributed by atoms with van der Waals surface area (Å²) in [7, 11) is 0. The number of halogens is 3. The second kappa shape index (κ2) is 6.35. The van der Waals surface area contributed by atoms with Crippen molar-refractivity contribution in [1.29, 1.82) is 0 Å². The van der Waals surface area contributed by atoms with E-state index in [1.807, 2.05) is 13.0 Å². The first-order valence-electron chi connectivity index (χ1n) is 5.97. The van der Waals surface area contributed by atoms with Gasteiger partial charge in [-0.05, 0) is 47.1 Å². The van der Waals surface area contributed by atoms with Crippen LogP contribution >= 0.6 is 38.9 Å². The minimum atomic E-state index is -0.380. The largest absolute Gasteiger partial charge is 0.306 e. The molecule has 0 fully saturated rings. The van der Waals surface area contributed by atoms with Gasteiger partial charge in [-0.15, -0.1) is 11.3 Å². The Morgan fingerprint density at radius 1 is 1.47 bits per heavy atom. The SMILES string of the molecule is CCNC(c1cc(Br)c(C)s1)c1cccc(F)c1Cl. The Bertz CT molecular complexity index is 565. The minimum absolute atomic E-state index is 0.0804. The quantitative estimate of drug-likeness (QED) is 0.777. The first kappa shape index (κ1) is 15.0. The number of thiophene rings is 1. The Morgan fingerprint density at radius 2 is 2.21 bits per heavy atom. The van der Waals surface area contributed by atoms with E-state index in [4.69, 9.17) is 11.6 Å². The van der Waals surface area contributed by atoms with Crippen LogP contribution in [0.3, 0.4) is 0 Å². The van der Waals surface area contributed by atoms with E-state index in [2.05, 4.69) is 34.2 Å². The van der Waals surface area contributed by atoms with Crippen LogP contribution in [0.4, 0.5) is 4.39 Å². The number of hydrogen-bond donors (Lipinski definition) is 1. The first-order chi connectivity index (χ1) is 9.04. The summed E-state index contributed by atoms with van der Waals surface area (Å²) >= 11 is 11.3. The van der Waals surface area contributed by atoms with E-state index in [-0.39, 0.29) is 16.9 Å². The maximum absolute atomic E-state index is 13.6. The fourth-order valence-electron chi connectivity index (χ4n) is 1.94. The Labute approximate surface area is 129 Å². The second-order valence-electron chi connectivity index (χ2n) is 4.19. The van der Waals surface area contributed by atoms with Crippen molar-refractivity contribution in [2.75, 3.05) is 6.54 Å². The molecule has 1 aromatic heterocycles. The molecule has 0 bridgehead atoms. The van der Waals surface area contributed by atoms with Crippen LogP contribution in [0.2, 0.25) is 5.02 Å². The second-order valence-corrected chi connectivity index (χ2v) is 6.71. The zero-order valence-electron chi connectivity index (χ0n) is 10.6. The molecular weight excluding hydrogens is 349 g/mol. The summed E-state index contributed by atoms with van der Waals surface area (Å²) in [6, 6.07) is 6.92. The highest BCUT2D eigenvalue weighted by atomic mass is 79.9. The fourth-order valence-corrected chi connectivity index (χ4v) is 3.83. The van der Waals surface area contributed by atoms with Gasteiger partial charge in [0.2, 0.25) is 0 Å². The summed E-state index contributed by atoms with van der Waals surface area (Å²) in [5.41, 5.74) is 0.775. The molecular formula is C14H14BrClFNS. The lowest BCUT2D eigenvalue weighted by molar-refractivity contribution is 0.607. The third-order valence-electron chi connectivity index (χ3n) is 2.86. The lowest BCUT2D eigenvalue weighted by atomic mass is 10.0. The van der Waals surface area contributed by atoms with Gasteiger partial charge in [-0.25, -0.2) is 4.39 Å². The van der Waals surface area contributed by atoms with Crippen molar-refractivity contribution >= 4 is 38.9 Å². The molecule has 0 aliphatic rings. The van der Waals surface area contributed by atoms with Gasteiger partial charge >= 0.3 is 0 Å². The molecule has 0 saturated heterocycles. The lowest BCUT2D eigenvalue weighted by Gasteiger charge is -2.18. The van der Waals surface area contributed by atoms with Crippen LogP contribution in [0.1, 0.15) is 28.3 Å². The summed E-state index contributed by atoms with van der Waals surface area (Å²) < 4.78 is 14.7. The van der Waals surface area contributed by atoms with Crippen LogP contribution in [0.15, 0.2) is 28.7 Å². The number of nitrogens with one attached hydrogen (secondary N) is 1. The normalized spacial score (nSPS) is 12.7. The van der Waals surface area contributed by atoms with Gasteiger partial charge in [-0.1, -0.05) is 30.7 Å². The molecule has 1 unspecified atom stereocenters. The van der Waals surface area contributed by atoms with E-state index >= 15 is 0 Å². The summed E-state index contributed by atoms with van der Waals surface area (Å²) in [5.74, 6) is -0.380. The molecule has 2 aromatic rings. The Morgan fingerprint density at radius 3 is 2.79 bits per heavy atom. The molecule has 1 heterocycles. The zero-order chi connectivity index (χ0) is 14.0. The van der Waals surface area contributed by atoms with Crippen molar-refractivity contribution in [3.05, 3.63) is 54.9 Å². The highest BCUT2D eigenvalue weighted by Crippen LogP contribution is 2.36. The molecule has 102 valence electrons. The van der Waals surface area contributed by atoms with E-state index in [1.165, 1.54) is 10.9 Å². The average Bonchev–Trinajstić information content (AvgIpc) is 2.70. The van der Waals surface area contributed by atoms with E-state index in [0.717, 1.165) is 21.5 Å². The van der Waals surface area contributed by atoms with Crippen LogP contribution in [0.5, 0.6) is 0 Å². The molecule has 0 saturated carbocycles. The lowest BCUT2D eigenvalue weighted by Crippen LogP contribution is -2.21. The average molecular weight is 363 g/mol. The maximum Gasteiger partial charge on any atom is 0.142 e. The van der Waals surface area contributed by atoms with E-state index in [0.29, 0.717) is 0 Å². The highest BCUT2D eigenvalue weighted by molar-refractivity contribution is 9.10. The van der Waals surface area contributed by atoms with Crippen molar-refractivity contribution in [2.45, 2.75) is 19.9 Å². The molecule has 1 nitrogen and oxygen atoms in total. The molecule has 19 heavy (non-hydrogen) atoms. The van der Waals surface area contributed by atoms with Gasteiger partial charge in [-0.3, -0.25) is 0 Å². The van der Waals surface area contributed by atoms with Gasteiger partial charge in [0, 0.05) is 14.2 Å². The predicted molar refractivity (Wildman–Crippen MR) is 83.7 cm³/mol. The monoisotopic (exact) mass is 361 g/mol. The number of benzene rings is 1. The summed E-state index contributed by atoms with van der Waals surface area (Å²) in [6.45, 7) is 4.86. The molecule has 1 aromatic carbocycles. The van der Waals surface area contributed by atoms with Crippen LogP contribution in [0, 0.1) is 12.7 Å². The third kappa shape index (κ3) is 3.19. The van der Waals surface area contributed by atoms with Gasteiger partial charge in [0.1, 0.15) is 5.82 Å². The molecule has 0 aliphatic carbocycles. The molecule has 1 N–H and O–H groups in total. The standard InChI is InChI=1S/C14H14BrClFNS/c1-3-18-14(12-7-10(15)8(2)19-12)9-5-4-6-11(17)13(9)16/h4-7,14,18H,3H2,1-2H3. The minimum Gasteiger partial charge on any atom is -0.306 e. The zero-order valence-corrected chi connectivity index (χ0v) is 13.8. The van der Waals surface area contributed by atoms with Crippen molar-refractivity contribution in [1.82, 2.24) is 5.32 Å². The van der Waals surface area contributed by atoms with Crippen LogP contribution in [-0.2, 0) is 0 Å². The van der Waals surface area contributed by atoms with Crippen molar-refractivity contribution in [2.24, 2.45) is 0 Å². The highest BCUT2D eigenvalue weighted by Gasteiger charge is 2.20. The summed E-state index contributed by atoms with van der Waals surface area (Å²) in [4.78, 5) is 2.32. The van der Waals surface area contributed by atoms with Crippen LogP contribution in [0.25, 0.3) is 0 Å². The molecule has 2 rings (SSSR count). The Kier molecular flexibility index (Phi) is 5.01. The van der Waals surface area contributed by atoms with Gasteiger partial charge in [0.05, 0.1) is 11.1 Å². The van der Waals surface area contributed by atoms with Crippen LogP contribution < -0.4 is 5.32 Å².